The Morgan fingerprint density at radius 1 is 1.11 bits per heavy atom. The van der Waals surface area contributed by atoms with Crippen LogP contribution in [0.1, 0.15) is 24.8 Å². The van der Waals surface area contributed by atoms with Gasteiger partial charge >= 0.3 is 0 Å². The van der Waals surface area contributed by atoms with E-state index in [2.05, 4.69) is 17.0 Å². The van der Waals surface area contributed by atoms with Gasteiger partial charge < -0.3 is 14.5 Å². The van der Waals surface area contributed by atoms with Gasteiger partial charge in [-0.15, -0.1) is 0 Å². The second-order valence-electron chi connectivity index (χ2n) is 7.38. The van der Waals surface area contributed by atoms with Crippen molar-refractivity contribution in [3.8, 4) is 0 Å². The molecule has 0 saturated carbocycles. The first-order chi connectivity index (χ1) is 13.2. The van der Waals surface area contributed by atoms with E-state index in [-0.39, 0.29) is 17.9 Å². The maximum Gasteiger partial charge on any atom is 0.240 e. The van der Waals surface area contributed by atoms with Crippen LogP contribution in [0, 0.1) is 0 Å². The van der Waals surface area contributed by atoms with Crippen LogP contribution in [0.4, 0.5) is 0 Å². The van der Waals surface area contributed by atoms with E-state index in [0.717, 1.165) is 52.0 Å². The van der Waals surface area contributed by atoms with Gasteiger partial charge in [-0.3, -0.25) is 14.5 Å². The van der Waals surface area contributed by atoms with Gasteiger partial charge in [0.05, 0.1) is 12.6 Å². The molecule has 0 aromatic heterocycles. The average Bonchev–Trinajstić information content (AvgIpc) is 2.90. The standard InChI is InChI=1S/C21H31N3O3/c1-27-17-16-24-13-10-19(21(24)26)22-11-5-12-23(15-14-22)20(25)9-8-18-6-3-2-4-7-18/h2-4,6-7,19H,5,8-17H2,1H3/t19-/m0/s1. The molecule has 2 saturated heterocycles. The van der Waals surface area contributed by atoms with E-state index in [0.29, 0.717) is 19.6 Å². The summed E-state index contributed by atoms with van der Waals surface area (Å²) in [5, 5.41) is 0. The molecule has 27 heavy (non-hydrogen) atoms. The van der Waals surface area contributed by atoms with Gasteiger partial charge in [0.1, 0.15) is 0 Å². The van der Waals surface area contributed by atoms with Crippen LogP contribution < -0.4 is 0 Å². The molecular weight excluding hydrogens is 342 g/mol. The van der Waals surface area contributed by atoms with E-state index < -0.39 is 0 Å². The first-order valence-electron chi connectivity index (χ1n) is 10.0. The molecule has 0 bridgehead atoms. The van der Waals surface area contributed by atoms with Crippen LogP contribution in [0.25, 0.3) is 0 Å². The molecule has 2 aliphatic heterocycles. The molecular formula is C21H31N3O3. The third kappa shape index (κ3) is 5.30. The Morgan fingerprint density at radius 2 is 1.93 bits per heavy atom. The summed E-state index contributed by atoms with van der Waals surface area (Å²) in [7, 11) is 1.66. The van der Waals surface area contributed by atoms with Crippen molar-refractivity contribution >= 4 is 11.8 Å². The van der Waals surface area contributed by atoms with Gasteiger partial charge in [-0.2, -0.15) is 0 Å². The van der Waals surface area contributed by atoms with Crippen LogP contribution in [0.2, 0.25) is 0 Å². The molecule has 2 amide bonds. The van der Waals surface area contributed by atoms with E-state index in [1.807, 2.05) is 28.0 Å². The fraction of sp³-hybridized carbons (Fsp3) is 0.619. The Kier molecular flexibility index (Phi) is 7.24. The second-order valence-corrected chi connectivity index (χ2v) is 7.38. The Balaban J connectivity index is 1.47. The van der Waals surface area contributed by atoms with Crippen molar-refractivity contribution in [2.24, 2.45) is 0 Å². The largest absolute Gasteiger partial charge is 0.383 e. The van der Waals surface area contributed by atoms with Gasteiger partial charge in [0.2, 0.25) is 11.8 Å². The normalized spacial score (nSPS) is 21.5. The molecule has 2 fully saturated rings. The van der Waals surface area contributed by atoms with Crippen molar-refractivity contribution in [3.05, 3.63) is 35.9 Å². The fourth-order valence-corrected chi connectivity index (χ4v) is 4.04. The molecule has 0 spiro atoms. The minimum absolute atomic E-state index is 0.0266. The van der Waals surface area contributed by atoms with Gasteiger partial charge in [-0.25, -0.2) is 0 Å². The van der Waals surface area contributed by atoms with Gasteiger partial charge in [0.15, 0.2) is 0 Å². The Morgan fingerprint density at radius 3 is 2.70 bits per heavy atom. The van der Waals surface area contributed by atoms with Gasteiger partial charge in [-0.05, 0) is 24.8 Å². The number of carbonyl (C=O) groups excluding carboxylic acids is 2. The van der Waals surface area contributed by atoms with Gasteiger partial charge in [0.25, 0.3) is 0 Å². The Labute approximate surface area is 162 Å². The van der Waals surface area contributed by atoms with Crippen molar-refractivity contribution in [1.29, 1.82) is 0 Å². The number of hydrogen-bond donors (Lipinski definition) is 0. The van der Waals surface area contributed by atoms with Crippen LogP contribution in [0.3, 0.4) is 0 Å². The topological polar surface area (TPSA) is 53.1 Å². The zero-order valence-electron chi connectivity index (χ0n) is 16.3. The molecule has 3 rings (SSSR count). The summed E-state index contributed by atoms with van der Waals surface area (Å²) in [6.45, 7) is 5.24. The molecule has 1 aromatic carbocycles. The SMILES string of the molecule is COCCN1CC[C@H](N2CCCN(C(=O)CCc3ccccc3)CC2)C1=O. The number of likely N-dealkylation sites (tertiary alicyclic amines) is 1. The minimum Gasteiger partial charge on any atom is -0.383 e. The number of benzene rings is 1. The Bertz CT molecular complexity index is 622. The minimum atomic E-state index is -0.0266. The van der Waals surface area contributed by atoms with E-state index in [9.17, 15) is 9.59 Å². The van der Waals surface area contributed by atoms with Crippen molar-refractivity contribution in [2.45, 2.75) is 31.7 Å². The first kappa shape index (κ1) is 19.8. The maximum atomic E-state index is 12.6. The molecule has 2 heterocycles. The molecule has 0 radical (unpaired) electrons. The second kappa shape index (κ2) is 9.85. The summed E-state index contributed by atoms with van der Waals surface area (Å²) in [4.78, 5) is 31.4. The van der Waals surface area contributed by atoms with E-state index in [1.54, 1.807) is 7.11 Å². The molecule has 6 nitrogen and oxygen atoms in total. The molecule has 148 valence electrons. The van der Waals surface area contributed by atoms with Crippen molar-refractivity contribution < 1.29 is 14.3 Å². The summed E-state index contributed by atoms with van der Waals surface area (Å²) in [6.07, 6.45) is 3.15. The number of hydrogen-bond acceptors (Lipinski definition) is 4. The van der Waals surface area contributed by atoms with E-state index >= 15 is 0 Å². The predicted molar refractivity (Wildman–Crippen MR) is 104 cm³/mol. The molecule has 1 aromatic rings. The smallest absolute Gasteiger partial charge is 0.240 e. The number of methoxy groups -OCH3 is 1. The first-order valence-corrected chi connectivity index (χ1v) is 10.0. The quantitative estimate of drug-likeness (QED) is 0.725. The number of rotatable bonds is 7. The highest BCUT2D eigenvalue weighted by Gasteiger charge is 2.36. The summed E-state index contributed by atoms with van der Waals surface area (Å²) in [5.74, 6) is 0.441. The lowest BCUT2D eigenvalue weighted by Crippen LogP contribution is -2.44. The van der Waals surface area contributed by atoms with Crippen molar-refractivity contribution in [1.82, 2.24) is 14.7 Å². The highest BCUT2D eigenvalue weighted by Crippen LogP contribution is 2.19. The highest BCUT2D eigenvalue weighted by molar-refractivity contribution is 5.84. The number of ether oxygens (including phenoxy) is 1. The monoisotopic (exact) mass is 373 g/mol. The lowest BCUT2D eigenvalue weighted by atomic mass is 10.1. The van der Waals surface area contributed by atoms with Crippen LogP contribution in [-0.4, -0.2) is 85.5 Å². The summed E-state index contributed by atoms with van der Waals surface area (Å²) in [6, 6.07) is 10.1. The lowest BCUT2D eigenvalue weighted by molar-refractivity contribution is -0.132. The molecule has 0 N–H and O–H groups in total. The molecule has 6 heteroatoms. The summed E-state index contributed by atoms with van der Waals surface area (Å²) < 4.78 is 5.10. The molecule has 1 atom stereocenters. The number of nitrogens with zero attached hydrogens (tertiary/aromatic N) is 3. The summed E-state index contributed by atoms with van der Waals surface area (Å²) >= 11 is 0. The number of amides is 2. The van der Waals surface area contributed by atoms with Crippen LogP contribution in [-0.2, 0) is 20.7 Å². The number of aryl methyl sites for hydroxylation is 1. The maximum absolute atomic E-state index is 12.6. The third-order valence-electron chi connectivity index (χ3n) is 5.63. The predicted octanol–water partition coefficient (Wildman–Crippen LogP) is 1.40. The van der Waals surface area contributed by atoms with E-state index in [4.69, 9.17) is 4.74 Å². The van der Waals surface area contributed by atoms with Crippen LogP contribution in [0.5, 0.6) is 0 Å². The number of carbonyl (C=O) groups is 2. The van der Waals surface area contributed by atoms with Crippen molar-refractivity contribution in [2.75, 3.05) is 53.0 Å². The molecule has 0 aliphatic carbocycles. The lowest BCUT2D eigenvalue weighted by Gasteiger charge is -2.26. The molecule has 2 aliphatic rings. The summed E-state index contributed by atoms with van der Waals surface area (Å²) in [5.41, 5.74) is 1.20. The van der Waals surface area contributed by atoms with Gasteiger partial charge in [-0.1, -0.05) is 30.3 Å². The fourth-order valence-electron chi connectivity index (χ4n) is 4.04. The van der Waals surface area contributed by atoms with E-state index in [1.165, 1.54) is 5.56 Å². The van der Waals surface area contributed by atoms with Crippen LogP contribution >= 0.6 is 0 Å². The van der Waals surface area contributed by atoms with Crippen molar-refractivity contribution in [3.63, 3.8) is 0 Å². The highest BCUT2D eigenvalue weighted by atomic mass is 16.5. The zero-order valence-corrected chi connectivity index (χ0v) is 16.3. The average molecular weight is 373 g/mol. The Hall–Kier alpha value is -1.92. The zero-order chi connectivity index (χ0) is 19.1. The molecule has 0 unspecified atom stereocenters. The van der Waals surface area contributed by atoms with Gasteiger partial charge in [0, 0.05) is 52.8 Å². The van der Waals surface area contributed by atoms with Crippen LogP contribution in [0.15, 0.2) is 30.3 Å². The third-order valence-corrected chi connectivity index (χ3v) is 5.63.